The van der Waals surface area contributed by atoms with Crippen molar-refractivity contribution in [1.29, 1.82) is 0 Å². The van der Waals surface area contributed by atoms with Gasteiger partial charge in [0.1, 0.15) is 12.1 Å². The predicted molar refractivity (Wildman–Crippen MR) is 97.1 cm³/mol. The van der Waals surface area contributed by atoms with Crippen LogP contribution in [-0.4, -0.2) is 45.8 Å². The van der Waals surface area contributed by atoms with E-state index in [1.165, 1.54) is 11.3 Å². The highest BCUT2D eigenvalue weighted by Gasteiger charge is 2.51. The molecule has 6 heteroatoms. The number of carbonyl (C=O) groups is 3. The molecule has 4 rings (SSSR count). The number of hydrogen-bond donors (Lipinski definition) is 1. The van der Waals surface area contributed by atoms with Gasteiger partial charge in [-0.05, 0) is 51.4 Å². The maximum absolute atomic E-state index is 13.0. The second kappa shape index (κ2) is 7.05. The minimum atomic E-state index is -0.762. The number of hydrogen-bond acceptors (Lipinski definition) is 3. The SMILES string of the molecule is O=C1NC2(CCCCCC2)C(=O)N1CC(=O)N(C1=CCCCC1)C1CC1. The van der Waals surface area contributed by atoms with Crippen LogP contribution in [0, 0.1) is 0 Å². The molecule has 2 saturated carbocycles. The molecule has 26 heavy (non-hydrogen) atoms. The Morgan fingerprint density at radius 3 is 2.46 bits per heavy atom. The summed E-state index contributed by atoms with van der Waals surface area (Å²) in [4.78, 5) is 41.6. The van der Waals surface area contributed by atoms with Gasteiger partial charge in [-0.15, -0.1) is 0 Å². The summed E-state index contributed by atoms with van der Waals surface area (Å²) in [7, 11) is 0. The number of urea groups is 1. The highest BCUT2D eigenvalue weighted by atomic mass is 16.2. The third-order valence-corrected chi connectivity index (χ3v) is 6.25. The Morgan fingerprint density at radius 2 is 1.85 bits per heavy atom. The van der Waals surface area contributed by atoms with Gasteiger partial charge >= 0.3 is 6.03 Å². The van der Waals surface area contributed by atoms with Crippen LogP contribution in [-0.2, 0) is 9.59 Å². The number of allylic oxidation sites excluding steroid dienone is 2. The topological polar surface area (TPSA) is 69.7 Å². The van der Waals surface area contributed by atoms with Crippen molar-refractivity contribution in [2.24, 2.45) is 0 Å². The fourth-order valence-electron chi connectivity index (χ4n) is 4.67. The number of imide groups is 1. The number of nitrogens with zero attached hydrogens (tertiary/aromatic N) is 2. The molecule has 0 atom stereocenters. The fraction of sp³-hybridized carbons (Fsp3) is 0.750. The zero-order valence-corrected chi connectivity index (χ0v) is 15.5. The maximum Gasteiger partial charge on any atom is 0.325 e. The molecule has 0 aromatic carbocycles. The van der Waals surface area contributed by atoms with Crippen molar-refractivity contribution in [3.05, 3.63) is 11.8 Å². The molecule has 0 aromatic rings. The quantitative estimate of drug-likeness (QED) is 0.784. The molecular formula is C20H29N3O3. The number of rotatable bonds is 4. The predicted octanol–water partition coefficient (Wildman–Crippen LogP) is 3.08. The third-order valence-electron chi connectivity index (χ3n) is 6.25. The van der Waals surface area contributed by atoms with Gasteiger partial charge in [0.2, 0.25) is 5.91 Å². The van der Waals surface area contributed by atoms with Crippen LogP contribution in [0.25, 0.3) is 0 Å². The summed E-state index contributed by atoms with van der Waals surface area (Å²) in [5.41, 5.74) is 0.336. The standard InChI is InChI=1S/C20H29N3O3/c24-17(23(16-10-11-16)15-8-4-3-5-9-15)14-22-18(25)20(21-19(22)26)12-6-1-2-7-13-20/h8,16H,1-7,9-14H2,(H,21,26). The van der Waals surface area contributed by atoms with E-state index in [1.807, 2.05) is 4.90 Å². The second-order valence-electron chi connectivity index (χ2n) is 8.25. The highest BCUT2D eigenvalue weighted by Crippen LogP contribution is 2.35. The summed E-state index contributed by atoms with van der Waals surface area (Å²) in [6.07, 6.45) is 13.9. The van der Waals surface area contributed by atoms with Crippen molar-refractivity contribution in [3.8, 4) is 0 Å². The molecule has 3 aliphatic carbocycles. The summed E-state index contributed by atoms with van der Waals surface area (Å²) < 4.78 is 0. The van der Waals surface area contributed by atoms with Gasteiger partial charge in [-0.25, -0.2) is 4.79 Å². The zero-order chi connectivity index (χ0) is 18.1. The van der Waals surface area contributed by atoms with Gasteiger partial charge in [0.05, 0.1) is 0 Å². The summed E-state index contributed by atoms with van der Waals surface area (Å²) in [5.74, 6) is -0.291. The normalized spacial score (nSPS) is 25.7. The molecule has 0 radical (unpaired) electrons. The van der Waals surface area contributed by atoms with Gasteiger partial charge < -0.3 is 10.2 Å². The number of nitrogens with one attached hydrogen (secondary N) is 1. The summed E-state index contributed by atoms with van der Waals surface area (Å²) in [6.45, 7) is -0.125. The number of carbonyl (C=O) groups excluding carboxylic acids is 3. The maximum atomic E-state index is 13.0. The average molecular weight is 359 g/mol. The van der Waals surface area contributed by atoms with E-state index in [0.717, 1.165) is 63.5 Å². The lowest BCUT2D eigenvalue weighted by Gasteiger charge is -2.29. The van der Waals surface area contributed by atoms with E-state index in [0.29, 0.717) is 12.8 Å². The van der Waals surface area contributed by atoms with Crippen molar-refractivity contribution in [2.75, 3.05) is 6.54 Å². The Balaban J connectivity index is 1.48. The molecule has 0 aromatic heterocycles. The van der Waals surface area contributed by atoms with Gasteiger partial charge in [-0.3, -0.25) is 14.5 Å². The van der Waals surface area contributed by atoms with Crippen LogP contribution in [0.15, 0.2) is 11.8 Å². The first-order valence-corrected chi connectivity index (χ1v) is 10.3. The van der Waals surface area contributed by atoms with Crippen molar-refractivity contribution < 1.29 is 14.4 Å². The Hall–Kier alpha value is -1.85. The van der Waals surface area contributed by atoms with Crippen molar-refractivity contribution in [3.63, 3.8) is 0 Å². The molecule has 4 amide bonds. The van der Waals surface area contributed by atoms with E-state index >= 15 is 0 Å². The van der Waals surface area contributed by atoms with Crippen LogP contribution in [0.3, 0.4) is 0 Å². The molecule has 0 bridgehead atoms. The molecule has 1 aliphatic heterocycles. The van der Waals surface area contributed by atoms with E-state index in [2.05, 4.69) is 11.4 Å². The van der Waals surface area contributed by atoms with Crippen LogP contribution in [0.4, 0.5) is 4.79 Å². The first-order valence-electron chi connectivity index (χ1n) is 10.3. The minimum absolute atomic E-state index is 0.102. The summed E-state index contributed by atoms with van der Waals surface area (Å²) in [6, 6.07) is -0.127. The van der Waals surface area contributed by atoms with Gasteiger partial charge in [0.15, 0.2) is 0 Å². The largest absolute Gasteiger partial charge is 0.325 e. The van der Waals surface area contributed by atoms with Crippen molar-refractivity contribution in [2.45, 2.75) is 88.6 Å². The Labute approximate surface area is 155 Å². The first kappa shape index (κ1) is 17.6. The molecule has 1 N–H and O–H groups in total. The molecule has 1 heterocycles. The lowest BCUT2D eigenvalue weighted by Crippen LogP contribution is -2.47. The highest BCUT2D eigenvalue weighted by molar-refractivity contribution is 6.09. The molecule has 4 aliphatic rings. The van der Waals surface area contributed by atoms with E-state index in [1.54, 1.807) is 0 Å². The van der Waals surface area contributed by atoms with Crippen LogP contribution in [0.2, 0.25) is 0 Å². The van der Waals surface area contributed by atoms with Crippen LogP contribution in [0.1, 0.15) is 77.0 Å². The minimum Gasteiger partial charge on any atom is -0.323 e. The molecule has 142 valence electrons. The Kier molecular flexibility index (Phi) is 4.76. The van der Waals surface area contributed by atoms with Crippen molar-refractivity contribution in [1.82, 2.24) is 15.1 Å². The average Bonchev–Trinajstić information content (AvgIpc) is 3.45. The third kappa shape index (κ3) is 3.26. The lowest BCUT2D eigenvalue weighted by atomic mass is 9.90. The molecule has 3 fully saturated rings. The second-order valence-corrected chi connectivity index (χ2v) is 8.25. The van der Waals surface area contributed by atoms with Gasteiger partial charge in [0, 0.05) is 11.7 Å². The smallest absolute Gasteiger partial charge is 0.323 e. The van der Waals surface area contributed by atoms with Crippen molar-refractivity contribution >= 4 is 17.8 Å². The molecule has 0 unspecified atom stereocenters. The van der Waals surface area contributed by atoms with E-state index in [-0.39, 0.29) is 24.4 Å². The number of amides is 4. The van der Waals surface area contributed by atoms with Crippen LogP contribution in [0.5, 0.6) is 0 Å². The van der Waals surface area contributed by atoms with Crippen LogP contribution < -0.4 is 5.32 Å². The summed E-state index contributed by atoms with van der Waals surface area (Å²) in [5, 5.41) is 2.93. The van der Waals surface area contributed by atoms with Gasteiger partial charge in [0.25, 0.3) is 5.91 Å². The monoisotopic (exact) mass is 359 g/mol. The van der Waals surface area contributed by atoms with E-state index < -0.39 is 11.6 Å². The lowest BCUT2D eigenvalue weighted by molar-refractivity contribution is -0.138. The Bertz CT molecular complexity index is 630. The summed E-state index contributed by atoms with van der Waals surface area (Å²) >= 11 is 0. The van der Waals surface area contributed by atoms with E-state index in [4.69, 9.17) is 0 Å². The Morgan fingerprint density at radius 1 is 1.12 bits per heavy atom. The van der Waals surface area contributed by atoms with Crippen LogP contribution >= 0.6 is 0 Å². The van der Waals surface area contributed by atoms with Gasteiger partial charge in [-0.1, -0.05) is 31.8 Å². The molecule has 6 nitrogen and oxygen atoms in total. The molecular weight excluding hydrogens is 330 g/mol. The zero-order valence-electron chi connectivity index (χ0n) is 15.5. The molecule has 1 spiro atoms. The fourth-order valence-corrected chi connectivity index (χ4v) is 4.67. The first-order chi connectivity index (χ1) is 12.6. The molecule has 1 saturated heterocycles. The van der Waals surface area contributed by atoms with Gasteiger partial charge in [-0.2, -0.15) is 0 Å². The van der Waals surface area contributed by atoms with E-state index in [9.17, 15) is 14.4 Å².